The van der Waals surface area contributed by atoms with E-state index in [4.69, 9.17) is 10.5 Å². The molecule has 102 valence electrons. The maximum Gasteiger partial charge on any atom is 0.137 e. The van der Waals surface area contributed by atoms with Gasteiger partial charge >= 0.3 is 0 Å². The van der Waals surface area contributed by atoms with Gasteiger partial charge in [0.05, 0.1) is 13.3 Å². The van der Waals surface area contributed by atoms with Gasteiger partial charge in [0.25, 0.3) is 0 Å². The van der Waals surface area contributed by atoms with Gasteiger partial charge in [0.1, 0.15) is 5.75 Å². The Labute approximate surface area is 110 Å². The number of rotatable bonds is 6. The molecule has 1 unspecified atom stereocenters. The summed E-state index contributed by atoms with van der Waals surface area (Å²) in [5.74, 6) is 0.753. The zero-order valence-corrected chi connectivity index (χ0v) is 12.1. The van der Waals surface area contributed by atoms with Gasteiger partial charge in [-0.05, 0) is 38.6 Å². The molecule has 18 heavy (non-hydrogen) atoms. The largest absolute Gasteiger partial charge is 0.495 e. The number of aromatic nitrogens is 1. The highest BCUT2D eigenvalue weighted by Gasteiger charge is 2.36. The lowest BCUT2D eigenvalue weighted by atomic mass is 9.80. The zero-order chi connectivity index (χ0) is 13.8. The van der Waals surface area contributed by atoms with Crippen LogP contribution in [0.4, 0.5) is 0 Å². The second-order valence-electron chi connectivity index (χ2n) is 4.84. The number of nitrogens with two attached hydrogens (primary N) is 1. The van der Waals surface area contributed by atoms with Crippen LogP contribution < -0.4 is 10.5 Å². The summed E-state index contributed by atoms with van der Waals surface area (Å²) in [4.78, 5) is 6.41. The fourth-order valence-electron chi connectivity index (χ4n) is 2.63. The van der Waals surface area contributed by atoms with Crippen molar-refractivity contribution in [2.75, 3.05) is 21.2 Å². The van der Waals surface area contributed by atoms with Gasteiger partial charge in [-0.25, -0.2) is 0 Å². The molecule has 4 nitrogen and oxygen atoms in total. The third kappa shape index (κ3) is 2.65. The van der Waals surface area contributed by atoms with Crippen molar-refractivity contribution in [3.05, 3.63) is 24.0 Å². The van der Waals surface area contributed by atoms with Gasteiger partial charge in [0, 0.05) is 17.8 Å². The van der Waals surface area contributed by atoms with Gasteiger partial charge in [-0.3, -0.25) is 4.98 Å². The van der Waals surface area contributed by atoms with E-state index in [1.165, 1.54) is 0 Å². The number of hydrogen-bond acceptors (Lipinski definition) is 4. The first-order valence-corrected chi connectivity index (χ1v) is 6.43. The fourth-order valence-corrected chi connectivity index (χ4v) is 2.63. The molecule has 0 amide bonds. The summed E-state index contributed by atoms with van der Waals surface area (Å²) in [6, 6.07) is 1.89. The lowest BCUT2D eigenvalue weighted by Crippen LogP contribution is -2.51. The Kier molecular flexibility index (Phi) is 5.11. The molecule has 1 aromatic rings. The molecule has 0 aliphatic heterocycles. The third-order valence-corrected chi connectivity index (χ3v) is 4.02. The number of likely N-dealkylation sites (N-methyl/N-ethyl adjacent to an activating group) is 1. The molecule has 0 aliphatic carbocycles. The lowest BCUT2D eigenvalue weighted by Gasteiger charge is -2.43. The summed E-state index contributed by atoms with van der Waals surface area (Å²) in [7, 11) is 5.81. The highest BCUT2D eigenvalue weighted by molar-refractivity contribution is 5.28. The van der Waals surface area contributed by atoms with Crippen LogP contribution in [0.5, 0.6) is 5.75 Å². The highest BCUT2D eigenvalue weighted by Crippen LogP contribution is 2.34. The van der Waals surface area contributed by atoms with Crippen molar-refractivity contribution >= 4 is 0 Å². The third-order valence-electron chi connectivity index (χ3n) is 4.02. The van der Waals surface area contributed by atoms with Crippen LogP contribution in [-0.2, 0) is 0 Å². The quantitative estimate of drug-likeness (QED) is 0.842. The summed E-state index contributed by atoms with van der Waals surface area (Å²) < 4.78 is 5.21. The topological polar surface area (TPSA) is 51.4 Å². The van der Waals surface area contributed by atoms with E-state index in [9.17, 15) is 0 Å². The van der Waals surface area contributed by atoms with E-state index in [0.717, 1.165) is 24.2 Å². The molecule has 0 radical (unpaired) electrons. The molecule has 1 heterocycles. The summed E-state index contributed by atoms with van der Waals surface area (Å²) in [5, 5.41) is 0. The monoisotopic (exact) mass is 251 g/mol. The van der Waals surface area contributed by atoms with Gasteiger partial charge in [0.2, 0.25) is 0 Å². The molecule has 1 atom stereocenters. The molecule has 0 fully saturated rings. The predicted octanol–water partition coefficient (Wildman–Crippen LogP) is 2.21. The summed E-state index contributed by atoms with van der Waals surface area (Å²) >= 11 is 0. The normalized spacial score (nSPS) is 13.7. The Balaban J connectivity index is 3.12. The van der Waals surface area contributed by atoms with E-state index in [1.54, 1.807) is 13.3 Å². The second-order valence-corrected chi connectivity index (χ2v) is 4.84. The molecule has 0 aromatic carbocycles. The molecule has 1 rings (SSSR count). The molecule has 0 bridgehead atoms. The minimum Gasteiger partial charge on any atom is -0.495 e. The fraction of sp³-hybridized carbons (Fsp3) is 0.643. The van der Waals surface area contributed by atoms with Crippen molar-refractivity contribution in [2.24, 2.45) is 5.73 Å². The predicted molar refractivity (Wildman–Crippen MR) is 74.7 cm³/mol. The summed E-state index contributed by atoms with van der Waals surface area (Å²) in [5.41, 5.74) is 7.46. The standard InChI is InChI=1S/C14H25N3O/c1-6-14(7-2,17(3)4)13(15)11-8-12(18-5)10-16-9-11/h8-10,13H,6-7,15H2,1-5H3. The minimum atomic E-state index is -0.0786. The first-order chi connectivity index (χ1) is 8.51. The van der Waals surface area contributed by atoms with E-state index in [1.807, 2.05) is 12.3 Å². The minimum absolute atomic E-state index is 0.0476. The van der Waals surface area contributed by atoms with Gasteiger partial charge in [0.15, 0.2) is 0 Å². The van der Waals surface area contributed by atoms with Crippen LogP contribution in [0.1, 0.15) is 38.3 Å². The van der Waals surface area contributed by atoms with E-state index in [-0.39, 0.29) is 11.6 Å². The Morgan fingerprint density at radius 1 is 1.33 bits per heavy atom. The van der Waals surface area contributed by atoms with Gasteiger partial charge in [-0.1, -0.05) is 13.8 Å². The Morgan fingerprint density at radius 2 is 1.94 bits per heavy atom. The second kappa shape index (κ2) is 6.16. The maximum atomic E-state index is 6.48. The molecule has 0 saturated carbocycles. The molecule has 0 saturated heterocycles. The summed E-state index contributed by atoms with van der Waals surface area (Å²) in [6.07, 6.45) is 5.52. The number of nitrogens with zero attached hydrogens (tertiary/aromatic N) is 2. The highest BCUT2D eigenvalue weighted by atomic mass is 16.5. The molecule has 1 aromatic heterocycles. The van der Waals surface area contributed by atoms with Gasteiger partial charge < -0.3 is 15.4 Å². The van der Waals surface area contributed by atoms with Crippen LogP contribution in [0.2, 0.25) is 0 Å². The Bertz CT molecular complexity index is 375. The molecule has 0 spiro atoms. The SMILES string of the molecule is CCC(CC)(C(N)c1cncc(OC)c1)N(C)C. The smallest absolute Gasteiger partial charge is 0.137 e. The van der Waals surface area contributed by atoms with E-state index in [0.29, 0.717) is 0 Å². The zero-order valence-electron chi connectivity index (χ0n) is 12.1. The van der Waals surface area contributed by atoms with E-state index in [2.05, 4.69) is 37.8 Å². The van der Waals surface area contributed by atoms with Crippen molar-refractivity contribution in [1.29, 1.82) is 0 Å². The first kappa shape index (κ1) is 14.9. The van der Waals surface area contributed by atoms with Crippen LogP contribution in [0, 0.1) is 0 Å². The van der Waals surface area contributed by atoms with Gasteiger partial charge in [-0.2, -0.15) is 0 Å². The van der Waals surface area contributed by atoms with Gasteiger partial charge in [-0.15, -0.1) is 0 Å². The lowest BCUT2D eigenvalue weighted by molar-refractivity contribution is 0.105. The van der Waals surface area contributed by atoms with Crippen LogP contribution in [0.3, 0.4) is 0 Å². The molecular weight excluding hydrogens is 226 g/mol. The van der Waals surface area contributed by atoms with Crippen LogP contribution in [-0.4, -0.2) is 36.6 Å². The van der Waals surface area contributed by atoms with E-state index >= 15 is 0 Å². The number of methoxy groups -OCH3 is 1. The van der Waals surface area contributed by atoms with Crippen molar-refractivity contribution in [2.45, 2.75) is 38.3 Å². The maximum absolute atomic E-state index is 6.48. The van der Waals surface area contributed by atoms with E-state index < -0.39 is 0 Å². The first-order valence-electron chi connectivity index (χ1n) is 6.43. The van der Waals surface area contributed by atoms with Crippen molar-refractivity contribution < 1.29 is 4.74 Å². The van der Waals surface area contributed by atoms with Crippen LogP contribution >= 0.6 is 0 Å². The average molecular weight is 251 g/mol. The van der Waals surface area contributed by atoms with Crippen molar-refractivity contribution in [1.82, 2.24) is 9.88 Å². The molecule has 4 heteroatoms. The summed E-state index contributed by atoms with van der Waals surface area (Å²) in [6.45, 7) is 4.36. The number of hydrogen-bond donors (Lipinski definition) is 1. The Morgan fingerprint density at radius 3 is 2.39 bits per heavy atom. The Hall–Kier alpha value is -1.13. The molecular formula is C14H25N3O. The number of pyridine rings is 1. The number of ether oxygens (including phenoxy) is 1. The molecule has 2 N–H and O–H groups in total. The van der Waals surface area contributed by atoms with Crippen LogP contribution in [0.15, 0.2) is 18.5 Å². The van der Waals surface area contributed by atoms with Crippen molar-refractivity contribution in [3.63, 3.8) is 0 Å². The average Bonchev–Trinajstić information content (AvgIpc) is 2.40. The van der Waals surface area contributed by atoms with Crippen LogP contribution in [0.25, 0.3) is 0 Å². The molecule has 0 aliphatic rings. The van der Waals surface area contributed by atoms with Crippen molar-refractivity contribution in [3.8, 4) is 5.75 Å².